The summed E-state index contributed by atoms with van der Waals surface area (Å²) >= 11 is 4.56. The van der Waals surface area contributed by atoms with Crippen molar-refractivity contribution in [2.24, 2.45) is 0 Å². The molecule has 0 aromatic heterocycles. The van der Waals surface area contributed by atoms with Crippen molar-refractivity contribution in [1.82, 2.24) is 0 Å². The van der Waals surface area contributed by atoms with Gasteiger partial charge in [0.15, 0.2) is 8.77 Å². The first kappa shape index (κ1) is 13.9. The summed E-state index contributed by atoms with van der Waals surface area (Å²) in [5.74, 6) is 0. The minimum Gasteiger partial charge on any atom is -0.763 e. The largest absolute Gasteiger partial charge is 0.763 e. The van der Waals surface area contributed by atoms with Crippen LogP contribution in [0.4, 0.5) is 0 Å². The zero-order valence-electron chi connectivity index (χ0n) is 8.77. The van der Waals surface area contributed by atoms with Crippen molar-refractivity contribution in [1.29, 1.82) is 0 Å². The molecular formula is C10H7O4S4-. The van der Waals surface area contributed by atoms with Gasteiger partial charge in [0.25, 0.3) is 0 Å². The van der Waals surface area contributed by atoms with Gasteiger partial charge in [0.2, 0.25) is 0 Å². The molecule has 0 heterocycles. The first-order valence-electron chi connectivity index (χ1n) is 4.66. The molecule has 0 bridgehead atoms. The molecule has 0 amide bonds. The van der Waals surface area contributed by atoms with Crippen LogP contribution < -0.4 is 0 Å². The lowest BCUT2D eigenvalue weighted by Crippen LogP contribution is -1.97. The Labute approximate surface area is 115 Å². The van der Waals surface area contributed by atoms with Crippen LogP contribution >= 0.6 is 10.8 Å². The molecule has 0 aliphatic carbocycles. The summed E-state index contributed by atoms with van der Waals surface area (Å²) in [5.41, 5.74) is 0. The van der Waals surface area contributed by atoms with Crippen LogP contribution in [0.2, 0.25) is 0 Å². The van der Waals surface area contributed by atoms with Crippen molar-refractivity contribution >= 4 is 51.6 Å². The van der Waals surface area contributed by atoms with Gasteiger partial charge in [0.05, 0.1) is 4.90 Å². The molecule has 0 saturated heterocycles. The van der Waals surface area contributed by atoms with Gasteiger partial charge in [-0.05, 0) is 28.3 Å². The fourth-order valence-corrected chi connectivity index (χ4v) is 4.19. The van der Waals surface area contributed by atoms with Gasteiger partial charge in [0.1, 0.15) is 0 Å². The Hall–Kier alpha value is -0.510. The van der Waals surface area contributed by atoms with Crippen molar-refractivity contribution in [3.63, 3.8) is 0 Å². The standard InChI is InChI=1S/C10H8O4S4/c11-17(12)16-9-5-1-4-8-7(9)3-2-6-10(8)18(13,14)15/h1-6H,(H,11,12)(H,13,14,15)/p-1. The maximum Gasteiger partial charge on any atom is 0.171 e. The van der Waals surface area contributed by atoms with E-state index < -0.39 is 18.9 Å². The summed E-state index contributed by atoms with van der Waals surface area (Å²) < 4.78 is 42.5. The molecular weight excluding hydrogens is 312 g/mol. The molecule has 4 nitrogen and oxygen atoms in total. The first-order valence-corrected chi connectivity index (χ1v) is 9.51. The summed E-state index contributed by atoms with van der Waals surface area (Å²) in [6.07, 6.45) is 0. The molecule has 0 saturated carbocycles. The number of benzene rings is 2. The molecule has 1 N–H and O–H groups in total. The summed E-state index contributed by atoms with van der Waals surface area (Å²) in [6.45, 7) is 0. The fourth-order valence-electron chi connectivity index (χ4n) is 1.62. The summed E-state index contributed by atoms with van der Waals surface area (Å²) in [5, 5.41) is 1.09. The van der Waals surface area contributed by atoms with Crippen LogP contribution in [0.25, 0.3) is 10.8 Å². The molecule has 0 fully saturated rings. The Balaban J connectivity index is 2.77. The minimum absolute atomic E-state index is 0.133. The monoisotopic (exact) mass is 319 g/mol. The quantitative estimate of drug-likeness (QED) is 0.691. The van der Waals surface area contributed by atoms with E-state index in [0.717, 1.165) is 0 Å². The van der Waals surface area contributed by atoms with E-state index in [1.54, 1.807) is 30.3 Å². The Kier molecular flexibility index (Phi) is 4.05. The van der Waals surface area contributed by atoms with Crippen molar-refractivity contribution < 1.29 is 17.5 Å². The van der Waals surface area contributed by atoms with Crippen molar-refractivity contribution in [3.8, 4) is 0 Å². The highest BCUT2D eigenvalue weighted by Crippen LogP contribution is 2.32. The number of fused-ring (bicyclic) bond motifs is 1. The average Bonchev–Trinajstić information content (AvgIpc) is 2.26. The highest BCUT2D eigenvalue weighted by Gasteiger charge is 2.12. The van der Waals surface area contributed by atoms with E-state index >= 15 is 0 Å². The van der Waals surface area contributed by atoms with Crippen LogP contribution in [-0.4, -0.2) is 17.5 Å². The fraction of sp³-hybridized carbons (Fsp3) is 0. The van der Waals surface area contributed by atoms with Gasteiger partial charge in [-0.2, -0.15) is 0 Å². The van der Waals surface area contributed by atoms with E-state index in [-0.39, 0.29) is 4.90 Å². The Morgan fingerprint density at radius 3 is 2.44 bits per heavy atom. The predicted octanol–water partition coefficient (Wildman–Crippen LogP) is 2.30. The molecule has 0 spiro atoms. The molecule has 0 aliphatic rings. The van der Waals surface area contributed by atoms with Gasteiger partial charge >= 0.3 is 0 Å². The van der Waals surface area contributed by atoms with Crippen molar-refractivity contribution in [2.45, 2.75) is 9.79 Å². The number of rotatable bonds is 3. The predicted molar refractivity (Wildman–Crippen MR) is 75.1 cm³/mol. The van der Waals surface area contributed by atoms with Gasteiger partial charge in [-0.15, -0.1) is 0 Å². The van der Waals surface area contributed by atoms with E-state index in [0.29, 0.717) is 26.5 Å². The lowest BCUT2D eigenvalue weighted by atomic mass is 10.1. The molecule has 2 atom stereocenters. The van der Waals surface area contributed by atoms with Crippen LogP contribution in [-0.2, 0) is 30.1 Å². The Bertz CT molecular complexity index is 724. The highest BCUT2D eigenvalue weighted by molar-refractivity contribution is 8.67. The van der Waals surface area contributed by atoms with Crippen LogP contribution in [0, 0.1) is 0 Å². The molecule has 2 rings (SSSR count). The number of hydrogen-bond acceptors (Lipinski definition) is 5. The smallest absolute Gasteiger partial charge is 0.171 e. The van der Waals surface area contributed by atoms with Gasteiger partial charge < -0.3 is 9.11 Å². The molecule has 8 heteroatoms. The third-order valence-electron chi connectivity index (χ3n) is 2.28. The van der Waals surface area contributed by atoms with E-state index in [2.05, 4.69) is 11.2 Å². The van der Waals surface area contributed by atoms with E-state index in [9.17, 15) is 17.5 Å². The molecule has 2 aromatic rings. The summed E-state index contributed by atoms with van der Waals surface area (Å²) in [6, 6.07) is 9.65. The normalized spacial score (nSPS) is 16.3. The molecule has 0 aliphatic heterocycles. The SMILES string of the molecule is O=S([O-])Sc1cccc2c(S(=O)(O)=S)cccc12. The minimum atomic E-state index is -3.50. The topological polar surface area (TPSA) is 77.4 Å². The van der Waals surface area contributed by atoms with Gasteiger partial charge in [0, 0.05) is 31.6 Å². The second-order valence-corrected chi connectivity index (χ2v) is 8.45. The van der Waals surface area contributed by atoms with Crippen molar-refractivity contribution in [3.05, 3.63) is 36.4 Å². The maximum atomic E-state index is 11.6. The van der Waals surface area contributed by atoms with E-state index in [1.807, 2.05) is 0 Å². The Morgan fingerprint density at radius 1 is 1.22 bits per heavy atom. The molecule has 2 aromatic carbocycles. The van der Waals surface area contributed by atoms with E-state index in [4.69, 9.17) is 0 Å². The van der Waals surface area contributed by atoms with Gasteiger partial charge in [-0.1, -0.05) is 24.3 Å². The summed E-state index contributed by atoms with van der Waals surface area (Å²) in [7, 11) is -5.14. The van der Waals surface area contributed by atoms with Crippen molar-refractivity contribution in [2.75, 3.05) is 0 Å². The molecule has 0 radical (unpaired) electrons. The molecule has 2 unspecified atom stereocenters. The zero-order valence-corrected chi connectivity index (χ0v) is 12.0. The molecule has 96 valence electrons. The Morgan fingerprint density at radius 2 is 1.83 bits per heavy atom. The second-order valence-electron chi connectivity index (χ2n) is 3.37. The highest BCUT2D eigenvalue weighted by atomic mass is 33.1. The van der Waals surface area contributed by atoms with Crippen LogP contribution in [0.15, 0.2) is 46.2 Å². The zero-order chi connectivity index (χ0) is 13.3. The van der Waals surface area contributed by atoms with Crippen LogP contribution in [0.1, 0.15) is 0 Å². The second kappa shape index (κ2) is 5.24. The third-order valence-corrected chi connectivity index (χ3v) is 5.35. The molecule has 18 heavy (non-hydrogen) atoms. The summed E-state index contributed by atoms with van der Waals surface area (Å²) in [4.78, 5) is 0.635. The van der Waals surface area contributed by atoms with Crippen LogP contribution in [0.5, 0.6) is 0 Å². The van der Waals surface area contributed by atoms with Crippen LogP contribution in [0.3, 0.4) is 0 Å². The average molecular weight is 319 g/mol. The lowest BCUT2D eigenvalue weighted by Gasteiger charge is -2.10. The first-order chi connectivity index (χ1) is 8.39. The van der Waals surface area contributed by atoms with Gasteiger partial charge in [-0.3, -0.25) is 4.21 Å². The maximum absolute atomic E-state index is 11.6. The lowest BCUT2D eigenvalue weighted by molar-refractivity contribution is 0.553. The van der Waals surface area contributed by atoms with E-state index in [1.165, 1.54) is 6.07 Å². The van der Waals surface area contributed by atoms with Gasteiger partial charge in [-0.25, -0.2) is 4.21 Å². The third kappa shape index (κ3) is 2.90. The number of hydrogen-bond donors (Lipinski definition) is 1.